The van der Waals surface area contributed by atoms with Crippen molar-refractivity contribution in [2.45, 2.75) is 12.5 Å². The maximum Gasteiger partial charge on any atom is 0.269 e. The van der Waals surface area contributed by atoms with Crippen LogP contribution in [0.25, 0.3) is 10.9 Å². The van der Waals surface area contributed by atoms with Gasteiger partial charge in [0.1, 0.15) is 0 Å². The van der Waals surface area contributed by atoms with Crippen LogP contribution in [0, 0.1) is 10.1 Å². The van der Waals surface area contributed by atoms with Crippen molar-refractivity contribution in [3.63, 3.8) is 0 Å². The van der Waals surface area contributed by atoms with Gasteiger partial charge in [-0.1, -0.05) is 29.8 Å². The van der Waals surface area contributed by atoms with Crippen molar-refractivity contribution in [1.29, 1.82) is 0 Å². The normalized spacial score (nSPS) is 17.2. The van der Waals surface area contributed by atoms with E-state index < -0.39 is 4.92 Å². The van der Waals surface area contributed by atoms with Crippen LogP contribution in [-0.2, 0) is 6.42 Å². The minimum absolute atomic E-state index is 0.0504. The van der Waals surface area contributed by atoms with Crippen LogP contribution in [0.15, 0.2) is 42.5 Å². The molecule has 0 fully saturated rings. The SMILES string of the molecule is O=[N+]([O-])c1ccc(Cl)c(C2NCCc3c2[nH]c2ccccc32)c1. The van der Waals surface area contributed by atoms with Crippen molar-refractivity contribution in [3.05, 3.63) is 74.4 Å². The number of nitro groups is 1. The van der Waals surface area contributed by atoms with E-state index in [1.54, 1.807) is 12.1 Å². The molecule has 116 valence electrons. The van der Waals surface area contributed by atoms with Crippen molar-refractivity contribution in [1.82, 2.24) is 10.3 Å². The second-order valence-electron chi connectivity index (χ2n) is 5.66. The average molecular weight is 328 g/mol. The highest BCUT2D eigenvalue weighted by molar-refractivity contribution is 6.31. The smallest absolute Gasteiger partial charge is 0.269 e. The fourth-order valence-corrected chi connectivity index (χ4v) is 3.54. The second-order valence-corrected chi connectivity index (χ2v) is 6.07. The van der Waals surface area contributed by atoms with Crippen LogP contribution in [0.1, 0.15) is 22.9 Å². The summed E-state index contributed by atoms with van der Waals surface area (Å²) in [5, 5.41) is 16.2. The standard InChI is InChI=1S/C17H14ClN3O2/c18-14-6-5-10(21(22)23)9-13(14)16-17-12(7-8-19-16)11-3-1-2-4-15(11)20-17/h1-6,9,16,19-20H,7-8H2. The monoisotopic (exact) mass is 327 g/mol. The van der Waals surface area contributed by atoms with Crippen LogP contribution in [0.3, 0.4) is 0 Å². The van der Waals surface area contributed by atoms with Gasteiger partial charge in [-0.3, -0.25) is 10.1 Å². The first-order chi connectivity index (χ1) is 11.1. The van der Waals surface area contributed by atoms with E-state index in [0.29, 0.717) is 5.02 Å². The second kappa shape index (κ2) is 5.37. The molecule has 2 heterocycles. The van der Waals surface area contributed by atoms with E-state index in [1.165, 1.54) is 17.0 Å². The molecule has 6 heteroatoms. The maximum atomic E-state index is 11.1. The number of aromatic amines is 1. The average Bonchev–Trinajstić information content (AvgIpc) is 2.94. The van der Waals surface area contributed by atoms with Gasteiger partial charge >= 0.3 is 0 Å². The Labute approximate surface area is 137 Å². The zero-order valence-corrected chi connectivity index (χ0v) is 12.9. The van der Waals surface area contributed by atoms with Gasteiger partial charge in [-0.15, -0.1) is 0 Å². The molecular weight excluding hydrogens is 314 g/mol. The molecular formula is C17H14ClN3O2. The molecule has 0 saturated carbocycles. The largest absolute Gasteiger partial charge is 0.357 e. The number of fused-ring (bicyclic) bond motifs is 3. The lowest BCUT2D eigenvalue weighted by Crippen LogP contribution is -2.30. The topological polar surface area (TPSA) is 71.0 Å². The molecule has 0 radical (unpaired) electrons. The van der Waals surface area contributed by atoms with E-state index in [1.807, 2.05) is 18.2 Å². The van der Waals surface area contributed by atoms with E-state index in [0.717, 1.165) is 29.7 Å². The Hall–Kier alpha value is -2.37. The molecule has 4 rings (SSSR count). The summed E-state index contributed by atoms with van der Waals surface area (Å²) in [4.78, 5) is 14.1. The van der Waals surface area contributed by atoms with Crippen LogP contribution in [-0.4, -0.2) is 16.5 Å². The van der Waals surface area contributed by atoms with Gasteiger partial charge in [0.25, 0.3) is 5.69 Å². The number of aromatic nitrogens is 1. The molecule has 0 amide bonds. The van der Waals surface area contributed by atoms with Gasteiger partial charge in [0.15, 0.2) is 0 Å². The number of nitrogens with zero attached hydrogens (tertiary/aromatic N) is 1. The summed E-state index contributed by atoms with van der Waals surface area (Å²) >= 11 is 6.32. The van der Waals surface area contributed by atoms with Crippen LogP contribution in [0.2, 0.25) is 5.02 Å². The van der Waals surface area contributed by atoms with Gasteiger partial charge in [0.2, 0.25) is 0 Å². The summed E-state index contributed by atoms with van der Waals surface area (Å²) < 4.78 is 0. The molecule has 1 unspecified atom stereocenters. The van der Waals surface area contributed by atoms with Crippen molar-refractivity contribution in [3.8, 4) is 0 Å². The summed E-state index contributed by atoms with van der Waals surface area (Å²) in [5.74, 6) is 0. The molecule has 3 aromatic rings. The highest BCUT2D eigenvalue weighted by Gasteiger charge is 2.27. The number of benzene rings is 2. The lowest BCUT2D eigenvalue weighted by molar-refractivity contribution is -0.384. The van der Waals surface area contributed by atoms with Gasteiger partial charge in [0.05, 0.1) is 11.0 Å². The minimum Gasteiger partial charge on any atom is -0.357 e. The maximum absolute atomic E-state index is 11.1. The Morgan fingerprint density at radius 3 is 2.87 bits per heavy atom. The first-order valence-electron chi connectivity index (χ1n) is 7.42. The van der Waals surface area contributed by atoms with Gasteiger partial charge in [-0.25, -0.2) is 0 Å². The Kier molecular flexibility index (Phi) is 3.32. The Bertz CT molecular complexity index is 919. The lowest BCUT2D eigenvalue weighted by Gasteiger charge is -2.25. The third-order valence-electron chi connectivity index (χ3n) is 4.36. The van der Waals surface area contributed by atoms with Crippen LogP contribution < -0.4 is 5.32 Å². The summed E-state index contributed by atoms with van der Waals surface area (Å²) in [6.45, 7) is 0.804. The molecule has 5 nitrogen and oxygen atoms in total. The lowest BCUT2D eigenvalue weighted by atomic mass is 9.94. The molecule has 23 heavy (non-hydrogen) atoms. The molecule has 0 aliphatic carbocycles. The fraction of sp³-hybridized carbons (Fsp3) is 0.176. The molecule has 1 atom stereocenters. The molecule has 0 bridgehead atoms. The number of non-ortho nitro benzene ring substituents is 1. The van der Waals surface area contributed by atoms with Crippen LogP contribution >= 0.6 is 11.6 Å². The molecule has 1 aliphatic heterocycles. The number of para-hydroxylation sites is 1. The van der Waals surface area contributed by atoms with Crippen molar-refractivity contribution in [2.24, 2.45) is 0 Å². The molecule has 0 spiro atoms. The number of rotatable bonds is 2. The van der Waals surface area contributed by atoms with E-state index in [9.17, 15) is 10.1 Å². The zero-order chi connectivity index (χ0) is 16.0. The first-order valence-corrected chi connectivity index (χ1v) is 7.79. The first kappa shape index (κ1) is 14.2. The van der Waals surface area contributed by atoms with Gasteiger partial charge in [-0.2, -0.15) is 0 Å². The van der Waals surface area contributed by atoms with E-state index >= 15 is 0 Å². The number of nitrogens with one attached hydrogen (secondary N) is 2. The van der Waals surface area contributed by atoms with E-state index in [-0.39, 0.29) is 11.7 Å². The number of halogens is 1. The van der Waals surface area contributed by atoms with Gasteiger partial charge in [0, 0.05) is 45.9 Å². The van der Waals surface area contributed by atoms with Crippen molar-refractivity contribution >= 4 is 28.2 Å². The third kappa shape index (κ3) is 2.29. The molecule has 1 aliphatic rings. The number of nitro benzene ring substituents is 1. The van der Waals surface area contributed by atoms with Crippen LogP contribution in [0.5, 0.6) is 0 Å². The van der Waals surface area contributed by atoms with E-state index in [4.69, 9.17) is 11.6 Å². The Morgan fingerprint density at radius 1 is 1.22 bits per heavy atom. The minimum atomic E-state index is -0.394. The highest BCUT2D eigenvalue weighted by Crippen LogP contribution is 2.37. The summed E-state index contributed by atoms with van der Waals surface area (Å²) in [7, 11) is 0. The van der Waals surface area contributed by atoms with Gasteiger partial charge < -0.3 is 10.3 Å². The highest BCUT2D eigenvalue weighted by atomic mass is 35.5. The molecule has 0 saturated heterocycles. The van der Waals surface area contributed by atoms with E-state index in [2.05, 4.69) is 16.4 Å². The summed E-state index contributed by atoms with van der Waals surface area (Å²) in [6.07, 6.45) is 0.919. The summed E-state index contributed by atoms with van der Waals surface area (Å²) in [6, 6.07) is 12.6. The number of hydrogen-bond acceptors (Lipinski definition) is 3. The van der Waals surface area contributed by atoms with Crippen molar-refractivity contribution in [2.75, 3.05) is 6.54 Å². The van der Waals surface area contributed by atoms with Crippen LogP contribution in [0.4, 0.5) is 5.69 Å². The third-order valence-corrected chi connectivity index (χ3v) is 4.70. The van der Waals surface area contributed by atoms with Crippen molar-refractivity contribution < 1.29 is 4.92 Å². The molecule has 1 aromatic heterocycles. The molecule has 2 N–H and O–H groups in total. The fourth-order valence-electron chi connectivity index (χ4n) is 3.31. The molecule has 2 aromatic carbocycles. The predicted molar refractivity (Wildman–Crippen MR) is 90.0 cm³/mol. The quantitative estimate of drug-likeness (QED) is 0.552. The summed E-state index contributed by atoms with van der Waals surface area (Å²) in [5.41, 5.74) is 4.15. The zero-order valence-electron chi connectivity index (χ0n) is 12.2. The number of hydrogen-bond donors (Lipinski definition) is 2. The van der Waals surface area contributed by atoms with Gasteiger partial charge in [-0.05, 0) is 24.1 Å². The Balaban J connectivity index is 1.89. The number of H-pyrrole nitrogens is 1. The predicted octanol–water partition coefficient (Wildman–Crippen LogP) is 3.96. The Morgan fingerprint density at radius 2 is 2.04 bits per heavy atom.